The van der Waals surface area contributed by atoms with E-state index < -0.39 is 35.3 Å². The summed E-state index contributed by atoms with van der Waals surface area (Å²) in [5, 5.41) is 2.15. The lowest BCUT2D eigenvalue weighted by Crippen LogP contribution is -2.59. The maximum absolute atomic E-state index is 14.0. The third-order valence-corrected chi connectivity index (χ3v) is 4.28. The fourth-order valence-electron chi connectivity index (χ4n) is 2.87. The average Bonchev–Trinajstić information content (AvgIpc) is 2.68. The zero-order valence-electron chi connectivity index (χ0n) is 15.3. The van der Waals surface area contributed by atoms with Crippen LogP contribution >= 0.6 is 0 Å². The summed E-state index contributed by atoms with van der Waals surface area (Å²) in [7, 11) is 1.89. The summed E-state index contributed by atoms with van der Waals surface area (Å²) in [6.07, 6.45) is -5.10. The third kappa shape index (κ3) is 4.33. The summed E-state index contributed by atoms with van der Waals surface area (Å²) >= 11 is 0. The Bertz CT molecular complexity index is 796. The summed E-state index contributed by atoms with van der Waals surface area (Å²) < 4.78 is 51.3. The van der Waals surface area contributed by atoms with Gasteiger partial charge in [0.2, 0.25) is 0 Å². The van der Waals surface area contributed by atoms with Gasteiger partial charge in [-0.25, -0.2) is 4.79 Å². The Morgan fingerprint density at radius 3 is 1.96 bits per heavy atom. The van der Waals surface area contributed by atoms with Crippen molar-refractivity contribution in [3.05, 3.63) is 71.8 Å². The highest BCUT2D eigenvalue weighted by Gasteiger charge is 2.63. The van der Waals surface area contributed by atoms with Gasteiger partial charge in [-0.3, -0.25) is 4.79 Å². The van der Waals surface area contributed by atoms with E-state index in [1.807, 2.05) is 0 Å². The molecule has 0 aliphatic rings. The number of rotatable bonds is 7. The SMILES string of the molecule is COC(=O)[C@H](Cc1ccccc1)NC(=O)C(OC)(c1ccccc1)C(F)(F)F. The summed E-state index contributed by atoms with van der Waals surface area (Å²) in [6, 6.07) is 13.8. The lowest BCUT2D eigenvalue weighted by molar-refractivity contribution is -0.266. The first-order valence-corrected chi connectivity index (χ1v) is 8.36. The molecule has 0 heterocycles. The van der Waals surface area contributed by atoms with Crippen LogP contribution in [0.5, 0.6) is 0 Å². The number of amides is 1. The number of hydrogen-bond donors (Lipinski definition) is 1. The van der Waals surface area contributed by atoms with Crippen molar-refractivity contribution in [3.63, 3.8) is 0 Å². The molecule has 0 aliphatic heterocycles. The number of nitrogens with one attached hydrogen (secondary N) is 1. The van der Waals surface area contributed by atoms with Gasteiger partial charge >= 0.3 is 12.1 Å². The van der Waals surface area contributed by atoms with Crippen molar-refractivity contribution in [1.29, 1.82) is 0 Å². The molecule has 0 aliphatic carbocycles. The van der Waals surface area contributed by atoms with Crippen LogP contribution in [-0.2, 0) is 31.1 Å². The van der Waals surface area contributed by atoms with E-state index in [0.717, 1.165) is 26.4 Å². The molecule has 0 spiro atoms. The van der Waals surface area contributed by atoms with Gasteiger partial charge in [0, 0.05) is 19.1 Å². The van der Waals surface area contributed by atoms with Gasteiger partial charge in [0.15, 0.2) is 0 Å². The monoisotopic (exact) mass is 395 g/mol. The van der Waals surface area contributed by atoms with Crippen molar-refractivity contribution >= 4 is 11.9 Å². The maximum atomic E-state index is 14.0. The van der Waals surface area contributed by atoms with E-state index in [1.165, 1.54) is 18.2 Å². The van der Waals surface area contributed by atoms with Crippen molar-refractivity contribution in [2.45, 2.75) is 24.2 Å². The van der Waals surface area contributed by atoms with E-state index in [4.69, 9.17) is 4.74 Å². The van der Waals surface area contributed by atoms with E-state index in [1.54, 1.807) is 30.3 Å². The van der Waals surface area contributed by atoms with Crippen molar-refractivity contribution < 1.29 is 32.2 Å². The van der Waals surface area contributed by atoms with E-state index >= 15 is 0 Å². The van der Waals surface area contributed by atoms with Gasteiger partial charge in [-0.2, -0.15) is 13.2 Å². The Kier molecular flexibility index (Phi) is 6.80. The predicted molar refractivity (Wildman–Crippen MR) is 95.3 cm³/mol. The Morgan fingerprint density at radius 2 is 1.50 bits per heavy atom. The first kappa shape index (κ1) is 21.4. The van der Waals surface area contributed by atoms with Crippen LogP contribution in [-0.4, -0.2) is 38.3 Å². The van der Waals surface area contributed by atoms with Crippen molar-refractivity contribution in [3.8, 4) is 0 Å². The average molecular weight is 395 g/mol. The molecule has 150 valence electrons. The molecule has 8 heteroatoms. The van der Waals surface area contributed by atoms with Gasteiger partial charge in [-0.15, -0.1) is 0 Å². The number of esters is 1. The zero-order chi connectivity index (χ0) is 20.8. The molecular formula is C20H20F3NO4. The molecule has 2 atom stereocenters. The molecule has 2 aromatic rings. The lowest BCUT2D eigenvalue weighted by Gasteiger charge is -2.34. The number of carbonyl (C=O) groups is 2. The topological polar surface area (TPSA) is 64.6 Å². The predicted octanol–water partition coefficient (Wildman–Crippen LogP) is 2.99. The fourth-order valence-corrected chi connectivity index (χ4v) is 2.87. The number of alkyl halides is 3. The highest BCUT2D eigenvalue weighted by atomic mass is 19.4. The molecule has 0 saturated heterocycles. The minimum atomic E-state index is -5.07. The lowest BCUT2D eigenvalue weighted by atomic mass is 9.91. The largest absolute Gasteiger partial charge is 0.467 e. The zero-order valence-corrected chi connectivity index (χ0v) is 15.3. The molecular weight excluding hydrogens is 375 g/mol. The smallest absolute Gasteiger partial charge is 0.430 e. The van der Waals surface area contributed by atoms with Gasteiger partial charge in [0.1, 0.15) is 6.04 Å². The minimum absolute atomic E-state index is 0.0360. The second-order valence-electron chi connectivity index (χ2n) is 5.99. The van der Waals surface area contributed by atoms with Gasteiger partial charge in [-0.05, 0) is 5.56 Å². The Labute approximate surface area is 160 Å². The Hall–Kier alpha value is -2.87. The molecule has 0 bridgehead atoms. The third-order valence-electron chi connectivity index (χ3n) is 4.28. The van der Waals surface area contributed by atoms with Crippen molar-refractivity contribution in [1.82, 2.24) is 5.32 Å². The molecule has 0 radical (unpaired) electrons. The standard InChI is InChI=1S/C20H20F3NO4/c1-27-17(25)16(13-14-9-5-3-6-10-14)24-18(26)19(28-2,20(21,22)23)15-11-7-4-8-12-15/h3-12,16H,13H2,1-2H3,(H,24,26)/t16-,19?/m0/s1. The van der Waals surface area contributed by atoms with Crippen LogP contribution in [0.3, 0.4) is 0 Å². The number of methoxy groups -OCH3 is 2. The van der Waals surface area contributed by atoms with E-state index in [-0.39, 0.29) is 6.42 Å². The van der Waals surface area contributed by atoms with Crippen LogP contribution in [0.1, 0.15) is 11.1 Å². The maximum Gasteiger partial charge on any atom is 0.430 e. The summed E-state index contributed by atoms with van der Waals surface area (Å²) in [5.41, 5.74) is -3.02. The number of benzene rings is 2. The molecule has 0 fully saturated rings. The van der Waals surface area contributed by atoms with Crippen LogP contribution in [0.15, 0.2) is 60.7 Å². The molecule has 2 aromatic carbocycles. The van der Waals surface area contributed by atoms with Gasteiger partial charge in [-0.1, -0.05) is 60.7 Å². The molecule has 1 N–H and O–H groups in total. The van der Waals surface area contributed by atoms with Crippen LogP contribution in [0.4, 0.5) is 13.2 Å². The highest BCUT2D eigenvalue weighted by Crippen LogP contribution is 2.42. The normalized spacial score (nSPS) is 14.6. The summed E-state index contributed by atoms with van der Waals surface area (Å²) in [5.74, 6) is -2.36. The van der Waals surface area contributed by atoms with Crippen LogP contribution in [0.2, 0.25) is 0 Å². The number of ether oxygens (including phenoxy) is 2. The summed E-state index contributed by atoms with van der Waals surface area (Å²) in [6.45, 7) is 0. The van der Waals surface area contributed by atoms with E-state index in [2.05, 4.69) is 10.1 Å². The second-order valence-corrected chi connectivity index (χ2v) is 5.99. The number of hydrogen-bond acceptors (Lipinski definition) is 4. The quantitative estimate of drug-likeness (QED) is 0.732. The fraction of sp³-hybridized carbons (Fsp3) is 0.300. The number of halogens is 3. The molecule has 1 unspecified atom stereocenters. The van der Waals surface area contributed by atoms with Crippen LogP contribution < -0.4 is 5.32 Å². The van der Waals surface area contributed by atoms with Crippen molar-refractivity contribution in [2.24, 2.45) is 0 Å². The first-order chi connectivity index (χ1) is 13.3. The molecule has 5 nitrogen and oxygen atoms in total. The molecule has 0 saturated carbocycles. The van der Waals surface area contributed by atoms with Crippen LogP contribution in [0.25, 0.3) is 0 Å². The summed E-state index contributed by atoms with van der Waals surface area (Å²) in [4.78, 5) is 24.9. The number of carbonyl (C=O) groups excluding carboxylic acids is 2. The molecule has 0 aromatic heterocycles. The van der Waals surface area contributed by atoms with Gasteiger partial charge in [0.05, 0.1) is 7.11 Å². The molecule has 1 amide bonds. The minimum Gasteiger partial charge on any atom is -0.467 e. The van der Waals surface area contributed by atoms with E-state index in [9.17, 15) is 22.8 Å². The Balaban J connectivity index is 2.40. The van der Waals surface area contributed by atoms with Crippen molar-refractivity contribution in [2.75, 3.05) is 14.2 Å². The van der Waals surface area contributed by atoms with E-state index in [0.29, 0.717) is 5.56 Å². The molecule has 2 rings (SSSR count). The highest BCUT2D eigenvalue weighted by molar-refractivity contribution is 5.91. The molecule has 28 heavy (non-hydrogen) atoms. The van der Waals surface area contributed by atoms with Gasteiger partial charge in [0.25, 0.3) is 11.5 Å². The van der Waals surface area contributed by atoms with Crippen LogP contribution in [0, 0.1) is 0 Å². The first-order valence-electron chi connectivity index (χ1n) is 8.36. The van der Waals surface area contributed by atoms with Gasteiger partial charge < -0.3 is 14.8 Å². The Morgan fingerprint density at radius 1 is 0.964 bits per heavy atom. The second kappa shape index (κ2) is 8.88.